The minimum atomic E-state index is -0.299. The third kappa shape index (κ3) is 5.69. The van der Waals surface area contributed by atoms with Crippen LogP contribution in [-0.4, -0.2) is 81.5 Å². The van der Waals surface area contributed by atoms with Crippen LogP contribution in [0.3, 0.4) is 0 Å². The maximum absolute atomic E-state index is 12.6. The van der Waals surface area contributed by atoms with Crippen molar-refractivity contribution in [2.24, 2.45) is 4.99 Å². The molecule has 0 bridgehead atoms. The van der Waals surface area contributed by atoms with Crippen LogP contribution in [0.4, 0.5) is 0 Å². The molecule has 1 aromatic heterocycles. The zero-order valence-electron chi connectivity index (χ0n) is 22.9. The molecule has 1 amide bonds. The van der Waals surface area contributed by atoms with Gasteiger partial charge in [-0.2, -0.15) is 4.99 Å². The summed E-state index contributed by atoms with van der Waals surface area (Å²) < 4.78 is 13.0. The van der Waals surface area contributed by atoms with Gasteiger partial charge in [-0.1, -0.05) is 36.4 Å². The standard InChI is InChI=1S/C28H33N7O3S/c1-28(2,3)35-25(30-31-32-35)24(20-11-12-21(37-4)22(18-20)38-5)33-13-15-34(16-14-33)27-29-26(36)23(39-27)17-19-9-7-6-8-10-19/h6-12,17-18,24H,13-16H2,1-5H3/b23-17-. The molecule has 0 radical (unpaired) electrons. The molecule has 3 aromatic rings. The van der Waals surface area contributed by atoms with Crippen LogP contribution in [0.5, 0.6) is 11.5 Å². The Labute approximate surface area is 232 Å². The number of carbonyl (C=O) groups excluding carboxylic acids is 1. The first kappa shape index (κ1) is 26.9. The highest BCUT2D eigenvalue weighted by atomic mass is 32.2. The molecule has 204 valence electrons. The maximum atomic E-state index is 12.6. The van der Waals surface area contributed by atoms with Gasteiger partial charge in [0.05, 0.1) is 30.7 Å². The number of tetrazole rings is 1. The fourth-order valence-corrected chi connectivity index (χ4v) is 5.76. The zero-order chi connectivity index (χ0) is 27.6. The molecule has 2 aliphatic rings. The van der Waals surface area contributed by atoms with Crippen LogP contribution in [0, 0.1) is 0 Å². The minimum Gasteiger partial charge on any atom is -0.493 e. The lowest BCUT2D eigenvalue weighted by atomic mass is 10.0. The molecule has 0 saturated carbocycles. The first-order chi connectivity index (χ1) is 18.8. The van der Waals surface area contributed by atoms with Crippen LogP contribution < -0.4 is 9.47 Å². The molecule has 0 aliphatic carbocycles. The molecular weight excluding hydrogens is 514 g/mol. The van der Waals surface area contributed by atoms with Crippen molar-refractivity contribution in [3.8, 4) is 11.5 Å². The molecule has 10 nitrogen and oxygen atoms in total. The molecule has 39 heavy (non-hydrogen) atoms. The van der Waals surface area contributed by atoms with Gasteiger partial charge in [0.1, 0.15) is 0 Å². The molecule has 5 rings (SSSR count). The number of amides is 1. The largest absolute Gasteiger partial charge is 0.493 e. The number of hydrogen-bond donors (Lipinski definition) is 0. The number of aliphatic imine (C=N–C) groups is 1. The number of rotatable bonds is 6. The van der Waals surface area contributed by atoms with Crippen LogP contribution in [0.25, 0.3) is 6.08 Å². The van der Waals surface area contributed by atoms with Crippen molar-refractivity contribution in [3.05, 3.63) is 70.4 Å². The summed E-state index contributed by atoms with van der Waals surface area (Å²) in [5, 5.41) is 13.6. The van der Waals surface area contributed by atoms with E-state index >= 15 is 0 Å². The Hall–Kier alpha value is -3.70. The van der Waals surface area contributed by atoms with E-state index in [9.17, 15) is 4.79 Å². The van der Waals surface area contributed by atoms with E-state index in [1.807, 2.05) is 59.3 Å². The van der Waals surface area contributed by atoms with E-state index < -0.39 is 0 Å². The lowest BCUT2D eigenvalue weighted by Crippen LogP contribution is -2.49. The molecule has 1 saturated heterocycles. The van der Waals surface area contributed by atoms with E-state index in [0.717, 1.165) is 48.3 Å². The quantitative estimate of drug-likeness (QED) is 0.427. The van der Waals surface area contributed by atoms with Gasteiger partial charge < -0.3 is 14.4 Å². The number of ether oxygens (including phenoxy) is 2. The Balaban J connectivity index is 1.38. The van der Waals surface area contributed by atoms with E-state index in [0.29, 0.717) is 16.4 Å². The highest BCUT2D eigenvalue weighted by molar-refractivity contribution is 8.18. The number of benzene rings is 2. The average Bonchev–Trinajstić information content (AvgIpc) is 3.57. The number of hydrogen-bond acceptors (Lipinski definition) is 9. The smallest absolute Gasteiger partial charge is 0.286 e. The average molecular weight is 548 g/mol. The fraction of sp³-hybridized carbons (Fsp3) is 0.393. The number of aromatic nitrogens is 4. The van der Waals surface area contributed by atoms with E-state index in [1.165, 1.54) is 11.8 Å². The topological polar surface area (TPSA) is 98.0 Å². The lowest BCUT2D eigenvalue weighted by Gasteiger charge is -2.40. The van der Waals surface area contributed by atoms with Crippen LogP contribution >= 0.6 is 11.8 Å². The van der Waals surface area contributed by atoms with Gasteiger partial charge in [0.15, 0.2) is 22.5 Å². The van der Waals surface area contributed by atoms with Crippen molar-refractivity contribution in [3.63, 3.8) is 0 Å². The summed E-state index contributed by atoms with van der Waals surface area (Å²) in [6.45, 7) is 9.18. The van der Waals surface area contributed by atoms with Crippen LogP contribution in [0.1, 0.15) is 43.8 Å². The Morgan fingerprint density at radius 3 is 2.36 bits per heavy atom. The van der Waals surface area contributed by atoms with Crippen molar-refractivity contribution in [1.82, 2.24) is 30.0 Å². The Kier molecular flexibility index (Phi) is 7.72. The number of carbonyl (C=O) groups is 1. The van der Waals surface area contributed by atoms with Gasteiger partial charge in [-0.05, 0) is 72.3 Å². The number of methoxy groups -OCH3 is 2. The Bertz CT molecular complexity index is 1390. The van der Waals surface area contributed by atoms with Gasteiger partial charge in [0, 0.05) is 26.2 Å². The van der Waals surface area contributed by atoms with Gasteiger partial charge in [0.25, 0.3) is 5.91 Å². The SMILES string of the molecule is COc1ccc(C(c2nnnn2C(C)(C)C)N2CCN(C3=NC(=O)/C(=C/c4ccccc4)S3)CC2)cc1OC. The van der Waals surface area contributed by atoms with E-state index in [-0.39, 0.29) is 17.5 Å². The molecule has 2 aliphatic heterocycles. The normalized spacial score (nSPS) is 18.4. The van der Waals surface area contributed by atoms with Gasteiger partial charge in [-0.3, -0.25) is 9.69 Å². The maximum Gasteiger partial charge on any atom is 0.286 e. The Morgan fingerprint density at radius 2 is 1.69 bits per heavy atom. The first-order valence-corrected chi connectivity index (χ1v) is 13.7. The molecule has 11 heteroatoms. The summed E-state index contributed by atoms with van der Waals surface area (Å²) in [5.74, 6) is 1.90. The van der Waals surface area contributed by atoms with Crippen LogP contribution in [-0.2, 0) is 10.3 Å². The zero-order valence-corrected chi connectivity index (χ0v) is 23.7. The Morgan fingerprint density at radius 1 is 0.974 bits per heavy atom. The lowest BCUT2D eigenvalue weighted by molar-refractivity contribution is -0.113. The van der Waals surface area contributed by atoms with Crippen molar-refractivity contribution < 1.29 is 14.3 Å². The first-order valence-electron chi connectivity index (χ1n) is 12.9. The molecule has 0 N–H and O–H groups in total. The highest BCUT2D eigenvalue weighted by Crippen LogP contribution is 2.37. The predicted octanol–water partition coefficient (Wildman–Crippen LogP) is 3.82. The number of nitrogens with zero attached hydrogens (tertiary/aromatic N) is 7. The second-order valence-corrected chi connectivity index (χ2v) is 11.4. The third-order valence-corrected chi connectivity index (χ3v) is 7.80. The summed E-state index contributed by atoms with van der Waals surface area (Å²) in [4.78, 5) is 22.2. The van der Waals surface area contributed by atoms with Crippen LogP contribution in [0.2, 0.25) is 0 Å². The van der Waals surface area contributed by atoms with Gasteiger partial charge in [0.2, 0.25) is 0 Å². The summed E-state index contributed by atoms with van der Waals surface area (Å²) in [5.41, 5.74) is 1.70. The summed E-state index contributed by atoms with van der Waals surface area (Å²) in [7, 11) is 3.26. The highest BCUT2D eigenvalue weighted by Gasteiger charge is 2.35. The second kappa shape index (κ2) is 11.2. The van der Waals surface area contributed by atoms with Gasteiger partial charge in [-0.15, -0.1) is 5.10 Å². The van der Waals surface area contributed by atoms with E-state index in [4.69, 9.17) is 9.47 Å². The molecule has 1 fully saturated rings. The van der Waals surface area contributed by atoms with E-state index in [2.05, 4.69) is 51.1 Å². The molecule has 3 heterocycles. The van der Waals surface area contributed by atoms with Crippen molar-refractivity contribution in [2.45, 2.75) is 32.4 Å². The van der Waals surface area contributed by atoms with Gasteiger partial charge >= 0.3 is 0 Å². The third-order valence-electron chi connectivity index (χ3n) is 6.75. The molecular formula is C28H33N7O3S. The summed E-state index contributed by atoms with van der Waals surface area (Å²) in [6.07, 6.45) is 1.90. The monoisotopic (exact) mass is 547 g/mol. The number of thioether (sulfide) groups is 1. The summed E-state index contributed by atoms with van der Waals surface area (Å²) >= 11 is 1.44. The predicted molar refractivity (Wildman–Crippen MR) is 152 cm³/mol. The molecule has 2 aromatic carbocycles. The molecule has 1 unspecified atom stereocenters. The van der Waals surface area contributed by atoms with Crippen molar-refractivity contribution >= 4 is 28.9 Å². The number of piperazine rings is 1. The van der Waals surface area contributed by atoms with Crippen LogP contribution in [0.15, 0.2) is 58.4 Å². The van der Waals surface area contributed by atoms with Crippen molar-refractivity contribution in [2.75, 3.05) is 40.4 Å². The minimum absolute atomic E-state index is 0.186. The number of amidine groups is 1. The summed E-state index contributed by atoms with van der Waals surface area (Å²) in [6, 6.07) is 15.6. The molecule has 0 spiro atoms. The van der Waals surface area contributed by atoms with Crippen molar-refractivity contribution in [1.29, 1.82) is 0 Å². The second-order valence-electron chi connectivity index (χ2n) is 10.4. The van der Waals surface area contributed by atoms with Gasteiger partial charge in [-0.25, -0.2) is 4.68 Å². The molecule has 1 atom stereocenters. The van der Waals surface area contributed by atoms with E-state index in [1.54, 1.807) is 14.2 Å². The fourth-order valence-electron chi connectivity index (χ4n) is 4.79.